The van der Waals surface area contributed by atoms with Crippen molar-refractivity contribution in [2.24, 2.45) is 5.73 Å². The van der Waals surface area contributed by atoms with Crippen molar-refractivity contribution in [1.82, 2.24) is 15.1 Å². The highest BCUT2D eigenvalue weighted by Gasteiger charge is 2.15. The molecule has 0 aromatic carbocycles. The van der Waals surface area contributed by atoms with Gasteiger partial charge in [0, 0.05) is 15.1 Å². The lowest BCUT2D eigenvalue weighted by atomic mass is 10.3. The fraction of sp³-hybridized carbons (Fsp3) is 0.222. The monoisotopic (exact) mass is 346 g/mol. The molecule has 0 aliphatic heterocycles. The molecule has 0 amide bonds. The van der Waals surface area contributed by atoms with Crippen molar-refractivity contribution < 1.29 is 4.52 Å². The fourth-order valence-electron chi connectivity index (χ4n) is 1.10. The molecule has 0 saturated carbocycles. The molecule has 0 aliphatic carbocycles. The Bertz CT molecular complexity index is 512. The Labute approximate surface area is 109 Å². The smallest absolute Gasteiger partial charge is 0.243 e. The second kappa shape index (κ2) is 4.60. The maximum absolute atomic E-state index is 5.63. The maximum atomic E-state index is 5.63. The van der Waals surface area contributed by atoms with E-state index in [1.165, 1.54) is 0 Å². The van der Waals surface area contributed by atoms with Crippen LogP contribution in [0, 0.1) is 0 Å². The minimum atomic E-state index is -0.282. The van der Waals surface area contributed by atoms with Crippen LogP contribution in [0.2, 0.25) is 0 Å². The van der Waals surface area contributed by atoms with E-state index >= 15 is 0 Å². The van der Waals surface area contributed by atoms with Gasteiger partial charge in [0.1, 0.15) is 5.69 Å². The molecule has 2 N–H and O–H groups in total. The second-order valence-electron chi connectivity index (χ2n) is 3.23. The summed E-state index contributed by atoms with van der Waals surface area (Å²) in [5.41, 5.74) is 6.26. The van der Waals surface area contributed by atoms with Crippen molar-refractivity contribution >= 4 is 31.9 Å². The third-order valence-corrected chi connectivity index (χ3v) is 2.89. The number of aromatic nitrogens is 3. The van der Waals surface area contributed by atoms with Crippen molar-refractivity contribution in [1.29, 1.82) is 0 Å². The van der Waals surface area contributed by atoms with Crippen LogP contribution in [0.15, 0.2) is 25.7 Å². The van der Waals surface area contributed by atoms with Crippen LogP contribution in [0.5, 0.6) is 0 Å². The van der Waals surface area contributed by atoms with E-state index in [1.807, 2.05) is 6.07 Å². The summed E-state index contributed by atoms with van der Waals surface area (Å²) in [6.07, 6.45) is 1.67. The predicted octanol–water partition coefficient (Wildman–Crippen LogP) is 2.68. The topological polar surface area (TPSA) is 77.8 Å². The van der Waals surface area contributed by atoms with Gasteiger partial charge in [0.2, 0.25) is 11.7 Å². The van der Waals surface area contributed by atoms with E-state index in [1.54, 1.807) is 13.1 Å². The lowest BCUT2D eigenvalue weighted by molar-refractivity contribution is 0.362. The number of hydrogen-bond donors (Lipinski definition) is 1. The first kappa shape index (κ1) is 11.7. The highest BCUT2D eigenvalue weighted by atomic mass is 79.9. The van der Waals surface area contributed by atoms with E-state index in [4.69, 9.17) is 10.3 Å². The van der Waals surface area contributed by atoms with E-state index in [2.05, 4.69) is 47.0 Å². The van der Waals surface area contributed by atoms with Gasteiger partial charge < -0.3 is 10.3 Å². The van der Waals surface area contributed by atoms with Crippen LogP contribution in [0.4, 0.5) is 0 Å². The van der Waals surface area contributed by atoms with Crippen LogP contribution in [0.1, 0.15) is 18.9 Å². The average molecular weight is 348 g/mol. The Kier molecular flexibility index (Phi) is 3.36. The summed E-state index contributed by atoms with van der Waals surface area (Å²) >= 11 is 6.71. The maximum Gasteiger partial charge on any atom is 0.243 e. The van der Waals surface area contributed by atoms with Crippen LogP contribution < -0.4 is 5.73 Å². The number of rotatable bonds is 2. The van der Waals surface area contributed by atoms with Crippen LogP contribution in [0.3, 0.4) is 0 Å². The Balaban J connectivity index is 2.42. The first-order valence-electron chi connectivity index (χ1n) is 4.48. The van der Waals surface area contributed by atoms with Gasteiger partial charge in [0.25, 0.3) is 0 Å². The number of nitrogens with zero attached hydrogens (tertiary/aromatic N) is 3. The zero-order valence-electron chi connectivity index (χ0n) is 8.32. The quantitative estimate of drug-likeness (QED) is 0.903. The third kappa shape index (κ3) is 2.31. The van der Waals surface area contributed by atoms with Gasteiger partial charge in [-0.15, -0.1) is 0 Å². The molecule has 0 radical (unpaired) electrons. The molecule has 2 heterocycles. The van der Waals surface area contributed by atoms with Crippen molar-refractivity contribution in [3.05, 3.63) is 27.1 Å². The van der Waals surface area contributed by atoms with Crippen LogP contribution >= 0.6 is 31.9 Å². The normalized spacial score (nSPS) is 12.8. The van der Waals surface area contributed by atoms with Gasteiger partial charge in [-0.2, -0.15) is 4.98 Å². The van der Waals surface area contributed by atoms with Gasteiger partial charge in [-0.05, 0) is 44.8 Å². The van der Waals surface area contributed by atoms with E-state index in [0.717, 1.165) is 8.95 Å². The molecule has 0 aliphatic rings. The van der Waals surface area contributed by atoms with Gasteiger partial charge in [0.05, 0.1) is 6.04 Å². The molecule has 1 atom stereocenters. The molecule has 2 rings (SSSR count). The van der Waals surface area contributed by atoms with Gasteiger partial charge >= 0.3 is 0 Å². The van der Waals surface area contributed by atoms with Crippen molar-refractivity contribution in [3.8, 4) is 11.5 Å². The van der Waals surface area contributed by atoms with E-state index in [-0.39, 0.29) is 6.04 Å². The highest BCUT2D eigenvalue weighted by molar-refractivity contribution is 9.11. The number of nitrogens with two attached hydrogens (primary N) is 1. The highest BCUT2D eigenvalue weighted by Crippen LogP contribution is 2.26. The fourth-order valence-corrected chi connectivity index (χ4v) is 2.26. The Morgan fingerprint density at radius 1 is 1.44 bits per heavy atom. The van der Waals surface area contributed by atoms with Crippen LogP contribution in [-0.4, -0.2) is 15.1 Å². The van der Waals surface area contributed by atoms with Gasteiger partial charge in [0.15, 0.2) is 0 Å². The van der Waals surface area contributed by atoms with E-state index in [9.17, 15) is 0 Å². The average Bonchev–Trinajstić information content (AvgIpc) is 2.66. The number of halogens is 2. The number of pyridine rings is 1. The largest absolute Gasteiger partial charge is 0.337 e. The molecule has 5 nitrogen and oxygen atoms in total. The first-order valence-corrected chi connectivity index (χ1v) is 6.07. The standard InChI is InChI=1S/C9H8Br2N4O/c1-4(12)9-14-8(15-16-9)7-6(11)2-5(10)3-13-7/h2-4H,12H2,1H3/t4-/m0/s1. The summed E-state index contributed by atoms with van der Waals surface area (Å²) in [6, 6.07) is 1.58. The summed E-state index contributed by atoms with van der Waals surface area (Å²) in [7, 11) is 0. The number of hydrogen-bond acceptors (Lipinski definition) is 5. The SMILES string of the molecule is C[C@H](N)c1nc(-c2ncc(Br)cc2Br)no1. The summed E-state index contributed by atoms with van der Waals surface area (Å²) < 4.78 is 6.67. The molecule has 16 heavy (non-hydrogen) atoms. The minimum Gasteiger partial charge on any atom is -0.337 e. The van der Waals surface area contributed by atoms with Crippen molar-refractivity contribution in [2.45, 2.75) is 13.0 Å². The van der Waals surface area contributed by atoms with Crippen molar-refractivity contribution in [2.75, 3.05) is 0 Å². The molecule has 84 valence electrons. The zero-order chi connectivity index (χ0) is 11.7. The van der Waals surface area contributed by atoms with Gasteiger partial charge in [-0.3, -0.25) is 4.98 Å². The van der Waals surface area contributed by atoms with Gasteiger partial charge in [-0.1, -0.05) is 5.16 Å². The Hall–Kier alpha value is -0.790. The molecule has 2 aromatic rings. The Morgan fingerprint density at radius 3 is 2.75 bits per heavy atom. The third-order valence-electron chi connectivity index (χ3n) is 1.85. The Morgan fingerprint density at radius 2 is 2.19 bits per heavy atom. The van der Waals surface area contributed by atoms with Crippen LogP contribution in [-0.2, 0) is 0 Å². The van der Waals surface area contributed by atoms with Gasteiger partial charge in [-0.25, -0.2) is 0 Å². The van der Waals surface area contributed by atoms with Crippen LogP contribution in [0.25, 0.3) is 11.5 Å². The molecule has 0 unspecified atom stereocenters. The summed E-state index contributed by atoms with van der Waals surface area (Å²) in [5, 5.41) is 3.82. The molecular weight excluding hydrogens is 340 g/mol. The van der Waals surface area contributed by atoms with Crippen molar-refractivity contribution in [3.63, 3.8) is 0 Å². The summed E-state index contributed by atoms with van der Waals surface area (Å²) in [5.74, 6) is 0.818. The first-order chi connectivity index (χ1) is 7.58. The molecular formula is C9H8Br2N4O. The molecule has 7 heteroatoms. The minimum absolute atomic E-state index is 0.282. The second-order valence-corrected chi connectivity index (χ2v) is 5.00. The molecule has 2 aromatic heterocycles. The zero-order valence-corrected chi connectivity index (χ0v) is 11.5. The molecule has 0 bridgehead atoms. The van der Waals surface area contributed by atoms with E-state index in [0.29, 0.717) is 17.4 Å². The predicted molar refractivity (Wildman–Crippen MR) is 65.5 cm³/mol. The molecule has 0 fully saturated rings. The lowest BCUT2D eigenvalue weighted by Crippen LogP contribution is -2.04. The summed E-state index contributed by atoms with van der Waals surface area (Å²) in [4.78, 5) is 8.36. The molecule has 0 spiro atoms. The van der Waals surface area contributed by atoms with E-state index < -0.39 is 0 Å². The summed E-state index contributed by atoms with van der Waals surface area (Å²) in [6.45, 7) is 1.78. The molecule has 0 saturated heterocycles. The lowest BCUT2D eigenvalue weighted by Gasteiger charge is -1.98.